The summed E-state index contributed by atoms with van der Waals surface area (Å²) in [6.07, 6.45) is 1.77. The van der Waals surface area contributed by atoms with E-state index in [-0.39, 0.29) is 11.7 Å². The van der Waals surface area contributed by atoms with Gasteiger partial charge in [0.1, 0.15) is 0 Å². The van der Waals surface area contributed by atoms with Gasteiger partial charge in [-0.25, -0.2) is 0 Å². The van der Waals surface area contributed by atoms with E-state index in [1.54, 1.807) is 18.3 Å². The van der Waals surface area contributed by atoms with Crippen LogP contribution in [0.15, 0.2) is 48.7 Å². The highest BCUT2D eigenvalue weighted by atomic mass is 16.6. The minimum absolute atomic E-state index is 0.0275. The van der Waals surface area contributed by atoms with E-state index in [0.29, 0.717) is 0 Å². The number of hydrogen-bond acceptors (Lipinski definition) is 4. The van der Waals surface area contributed by atoms with Crippen LogP contribution in [-0.2, 0) is 0 Å². The summed E-state index contributed by atoms with van der Waals surface area (Å²) >= 11 is 0. The van der Waals surface area contributed by atoms with Crippen LogP contribution in [-0.4, -0.2) is 15.1 Å². The van der Waals surface area contributed by atoms with Crippen LogP contribution < -0.4 is 5.32 Å². The third kappa shape index (κ3) is 2.55. The lowest BCUT2D eigenvalue weighted by molar-refractivity contribution is -0.384. The Labute approximate surface area is 121 Å². The second kappa shape index (κ2) is 5.24. The van der Waals surface area contributed by atoms with Crippen LogP contribution in [0.2, 0.25) is 0 Å². The van der Waals surface area contributed by atoms with Crippen molar-refractivity contribution < 1.29 is 4.92 Å². The van der Waals surface area contributed by atoms with Crippen LogP contribution in [0.25, 0.3) is 10.9 Å². The third-order valence-corrected chi connectivity index (χ3v) is 3.45. The highest BCUT2D eigenvalue weighted by Crippen LogP contribution is 2.26. The van der Waals surface area contributed by atoms with Gasteiger partial charge in [-0.05, 0) is 18.6 Å². The second-order valence-electron chi connectivity index (χ2n) is 4.85. The highest BCUT2D eigenvalue weighted by Gasteiger charge is 2.10. The molecule has 21 heavy (non-hydrogen) atoms. The number of H-pyrrole nitrogens is 1. The summed E-state index contributed by atoms with van der Waals surface area (Å²) in [5, 5.41) is 22.1. The fourth-order valence-electron chi connectivity index (χ4n) is 2.29. The van der Waals surface area contributed by atoms with Crippen LogP contribution >= 0.6 is 0 Å². The maximum atomic E-state index is 10.7. The van der Waals surface area contributed by atoms with Gasteiger partial charge in [-0.1, -0.05) is 24.3 Å². The van der Waals surface area contributed by atoms with Crippen molar-refractivity contribution in [2.45, 2.75) is 13.0 Å². The number of anilines is 1. The Hall–Kier alpha value is -2.89. The van der Waals surface area contributed by atoms with Crippen LogP contribution in [0.4, 0.5) is 11.4 Å². The second-order valence-corrected chi connectivity index (χ2v) is 4.85. The molecule has 0 aliphatic rings. The summed E-state index contributed by atoms with van der Waals surface area (Å²) in [7, 11) is 0. The molecule has 1 unspecified atom stereocenters. The fourth-order valence-corrected chi connectivity index (χ4v) is 2.29. The smallest absolute Gasteiger partial charge is 0.269 e. The van der Waals surface area contributed by atoms with Crippen molar-refractivity contribution in [1.29, 1.82) is 0 Å². The number of aromatic amines is 1. The van der Waals surface area contributed by atoms with Crippen molar-refractivity contribution in [3.8, 4) is 0 Å². The van der Waals surface area contributed by atoms with E-state index >= 15 is 0 Å². The number of nitrogens with zero attached hydrogens (tertiary/aromatic N) is 2. The lowest BCUT2D eigenvalue weighted by Crippen LogP contribution is -2.07. The van der Waals surface area contributed by atoms with E-state index in [0.717, 1.165) is 22.2 Å². The number of aromatic nitrogens is 2. The first-order valence-corrected chi connectivity index (χ1v) is 6.58. The maximum absolute atomic E-state index is 10.7. The molecular formula is C15H14N4O2. The summed E-state index contributed by atoms with van der Waals surface area (Å²) in [6.45, 7) is 2.01. The van der Waals surface area contributed by atoms with Crippen LogP contribution in [0.3, 0.4) is 0 Å². The average Bonchev–Trinajstić information content (AvgIpc) is 2.97. The maximum Gasteiger partial charge on any atom is 0.269 e. The topological polar surface area (TPSA) is 83.8 Å². The zero-order chi connectivity index (χ0) is 14.8. The minimum atomic E-state index is -0.396. The largest absolute Gasteiger partial charge is 0.377 e. The molecule has 1 heterocycles. The predicted octanol–water partition coefficient (Wildman–Crippen LogP) is 3.64. The molecule has 6 nitrogen and oxygen atoms in total. The SMILES string of the molecule is CC(Nc1cccc2cn[nH]c12)c1ccc([N+](=O)[O-])cc1. The van der Waals surface area contributed by atoms with E-state index in [4.69, 9.17) is 0 Å². The Bertz CT molecular complexity index is 780. The Morgan fingerprint density at radius 2 is 2.00 bits per heavy atom. The molecule has 0 saturated heterocycles. The lowest BCUT2D eigenvalue weighted by atomic mass is 10.1. The third-order valence-electron chi connectivity index (χ3n) is 3.45. The average molecular weight is 282 g/mol. The molecule has 0 amide bonds. The Kier molecular flexibility index (Phi) is 3.27. The van der Waals surface area contributed by atoms with Crippen LogP contribution in [0.5, 0.6) is 0 Å². The first kappa shape index (κ1) is 13.1. The number of non-ortho nitro benzene ring substituents is 1. The van der Waals surface area contributed by atoms with Crippen molar-refractivity contribution >= 4 is 22.3 Å². The van der Waals surface area contributed by atoms with Gasteiger partial charge < -0.3 is 5.32 Å². The van der Waals surface area contributed by atoms with Gasteiger partial charge in [-0.15, -0.1) is 0 Å². The molecule has 0 fully saturated rings. The molecule has 3 rings (SSSR count). The van der Waals surface area contributed by atoms with Crippen LogP contribution in [0.1, 0.15) is 18.5 Å². The van der Waals surface area contributed by atoms with E-state index in [9.17, 15) is 10.1 Å². The fraction of sp³-hybridized carbons (Fsp3) is 0.133. The van der Waals surface area contributed by atoms with Crippen molar-refractivity contribution in [3.63, 3.8) is 0 Å². The summed E-state index contributed by atoms with van der Waals surface area (Å²) in [4.78, 5) is 10.3. The number of hydrogen-bond donors (Lipinski definition) is 2. The number of para-hydroxylation sites is 1. The molecule has 6 heteroatoms. The van der Waals surface area contributed by atoms with Gasteiger partial charge in [-0.3, -0.25) is 15.2 Å². The molecule has 106 valence electrons. The molecule has 0 aliphatic heterocycles. The van der Waals surface area contributed by atoms with E-state index in [2.05, 4.69) is 15.5 Å². The monoisotopic (exact) mass is 282 g/mol. The molecule has 1 atom stereocenters. The number of benzene rings is 2. The van der Waals surface area contributed by atoms with Gasteiger partial charge in [0.15, 0.2) is 0 Å². The van der Waals surface area contributed by atoms with Crippen molar-refractivity contribution in [3.05, 3.63) is 64.3 Å². The highest BCUT2D eigenvalue weighted by molar-refractivity contribution is 5.90. The molecule has 1 aromatic heterocycles. The first-order chi connectivity index (χ1) is 10.1. The number of nitrogens with one attached hydrogen (secondary N) is 2. The van der Waals surface area contributed by atoms with Gasteiger partial charge in [0.2, 0.25) is 0 Å². The zero-order valence-corrected chi connectivity index (χ0v) is 11.4. The molecule has 0 bridgehead atoms. The van der Waals surface area contributed by atoms with Gasteiger partial charge in [0.25, 0.3) is 5.69 Å². The van der Waals surface area contributed by atoms with Gasteiger partial charge >= 0.3 is 0 Å². The summed E-state index contributed by atoms with van der Waals surface area (Å²) in [5.41, 5.74) is 2.99. The Morgan fingerprint density at radius 1 is 1.24 bits per heavy atom. The number of nitro groups is 1. The number of fused-ring (bicyclic) bond motifs is 1. The quantitative estimate of drug-likeness (QED) is 0.565. The van der Waals surface area contributed by atoms with E-state index < -0.39 is 4.92 Å². The summed E-state index contributed by atoms with van der Waals surface area (Å²) in [5.74, 6) is 0. The number of nitro benzene ring substituents is 1. The molecular weight excluding hydrogens is 268 g/mol. The Balaban J connectivity index is 1.84. The van der Waals surface area contributed by atoms with Crippen molar-refractivity contribution in [2.75, 3.05) is 5.32 Å². The molecule has 3 aromatic rings. The number of rotatable bonds is 4. The van der Waals surface area contributed by atoms with Gasteiger partial charge in [0.05, 0.1) is 22.3 Å². The molecule has 0 aliphatic carbocycles. The Morgan fingerprint density at radius 3 is 2.71 bits per heavy atom. The van der Waals surface area contributed by atoms with Gasteiger partial charge in [0, 0.05) is 23.6 Å². The minimum Gasteiger partial charge on any atom is -0.377 e. The zero-order valence-electron chi connectivity index (χ0n) is 11.4. The van der Waals surface area contributed by atoms with E-state index in [1.165, 1.54) is 12.1 Å². The molecule has 2 N–H and O–H groups in total. The molecule has 0 saturated carbocycles. The summed E-state index contributed by atoms with van der Waals surface area (Å²) < 4.78 is 0. The molecule has 0 spiro atoms. The van der Waals surface area contributed by atoms with Crippen LogP contribution in [0, 0.1) is 10.1 Å². The summed E-state index contributed by atoms with van der Waals surface area (Å²) in [6, 6.07) is 12.5. The standard InChI is InChI=1S/C15H14N4O2/c1-10(11-5-7-13(8-6-11)19(20)21)17-14-4-2-3-12-9-16-18-15(12)14/h2-10,17H,1H3,(H,16,18). The lowest BCUT2D eigenvalue weighted by Gasteiger charge is -2.16. The molecule has 2 aromatic carbocycles. The van der Waals surface area contributed by atoms with Gasteiger partial charge in [-0.2, -0.15) is 5.10 Å². The molecule has 0 radical (unpaired) electrons. The first-order valence-electron chi connectivity index (χ1n) is 6.58. The van der Waals surface area contributed by atoms with Crippen molar-refractivity contribution in [2.24, 2.45) is 0 Å². The predicted molar refractivity (Wildman–Crippen MR) is 81.2 cm³/mol. The van der Waals surface area contributed by atoms with Crippen molar-refractivity contribution in [1.82, 2.24) is 10.2 Å². The normalized spacial score (nSPS) is 12.2. The van der Waals surface area contributed by atoms with E-state index in [1.807, 2.05) is 25.1 Å².